The third-order valence-electron chi connectivity index (χ3n) is 3.77. The predicted octanol–water partition coefficient (Wildman–Crippen LogP) is 1.88. The normalized spacial score (nSPS) is 18.5. The molecule has 0 radical (unpaired) electrons. The zero-order valence-electron chi connectivity index (χ0n) is 11.6. The largest absolute Gasteiger partial charge is 0.381 e. The van der Waals surface area contributed by atoms with Crippen LogP contribution < -0.4 is 0 Å². The van der Waals surface area contributed by atoms with Crippen LogP contribution in [0.3, 0.4) is 0 Å². The summed E-state index contributed by atoms with van der Waals surface area (Å²) in [6, 6.07) is 10.5. The first kappa shape index (κ1) is 13.2. The van der Waals surface area contributed by atoms with Crippen molar-refractivity contribution in [3.63, 3.8) is 0 Å². The Hall–Kier alpha value is -1.75. The lowest BCUT2D eigenvalue weighted by molar-refractivity contribution is 0.181. The number of aryl methyl sites for hydroxylation is 2. The average Bonchev–Trinajstić information content (AvgIpc) is 3.13. The summed E-state index contributed by atoms with van der Waals surface area (Å²) in [6.07, 6.45) is 4.19. The molecule has 0 spiro atoms. The summed E-state index contributed by atoms with van der Waals surface area (Å²) in [5.74, 6) is 1.55. The minimum atomic E-state index is 0.561. The molecule has 2 heterocycles. The van der Waals surface area contributed by atoms with Crippen LogP contribution in [0.2, 0.25) is 0 Å². The molecular formula is C15H20N4O. The lowest BCUT2D eigenvalue weighted by Crippen LogP contribution is -2.15. The van der Waals surface area contributed by atoms with Crippen LogP contribution in [0.15, 0.2) is 30.3 Å². The second kappa shape index (κ2) is 6.61. The van der Waals surface area contributed by atoms with Gasteiger partial charge in [0.1, 0.15) is 0 Å². The Labute approximate surface area is 118 Å². The standard InChI is InChI=1S/C15H20N4O/c1-2-5-13(6-3-1)7-4-8-15-16-17-18-19(15)11-14-9-10-20-12-14/h1-3,5-6,14H,4,7-12H2. The molecule has 5 heteroatoms. The van der Waals surface area contributed by atoms with Crippen LogP contribution in [0, 0.1) is 5.92 Å². The van der Waals surface area contributed by atoms with E-state index in [4.69, 9.17) is 4.74 Å². The molecule has 1 saturated heterocycles. The van der Waals surface area contributed by atoms with E-state index in [2.05, 4.69) is 39.8 Å². The molecule has 1 atom stereocenters. The first-order chi connectivity index (χ1) is 9.92. The minimum absolute atomic E-state index is 0.561. The number of hydrogen-bond donors (Lipinski definition) is 0. The van der Waals surface area contributed by atoms with Crippen LogP contribution in [-0.4, -0.2) is 33.4 Å². The fourth-order valence-corrected chi connectivity index (χ4v) is 2.61. The van der Waals surface area contributed by atoms with Crippen LogP contribution in [0.25, 0.3) is 0 Å². The van der Waals surface area contributed by atoms with Crippen LogP contribution in [0.5, 0.6) is 0 Å². The van der Waals surface area contributed by atoms with E-state index in [-0.39, 0.29) is 0 Å². The van der Waals surface area contributed by atoms with Crippen LogP contribution in [-0.2, 0) is 24.1 Å². The van der Waals surface area contributed by atoms with Crippen molar-refractivity contribution in [3.8, 4) is 0 Å². The van der Waals surface area contributed by atoms with E-state index in [1.807, 2.05) is 10.7 Å². The molecule has 0 N–H and O–H groups in total. The highest BCUT2D eigenvalue weighted by Crippen LogP contribution is 2.15. The third-order valence-corrected chi connectivity index (χ3v) is 3.77. The molecule has 1 aromatic heterocycles. The van der Waals surface area contributed by atoms with Gasteiger partial charge in [-0.15, -0.1) is 5.10 Å². The van der Waals surface area contributed by atoms with Gasteiger partial charge in [0.05, 0.1) is 6.61 Å². The van der Waals surface area contributed by atoms with E-state index in [1.54, 1.807) is 0 Å². The summed E-state index contributed by atoms with van der Waals surface area (Å²) in [5, 5.41) is 12.1. The zero-order chi connectivity index (χ0) is 13.6. The van der Waals surface area contributed by atoms with Gasteiger partial charge in [-0.1, -0.05) is 30.3 Å². The van der Waals surface area contributed by atoms with E-state index in [0.29, 0.717) is 5.92 Å². The number of hydrogen-bond acceptors (Lipinski definition) is 4. The Bertz CT molecular complexity index is 520. The number of benzene rings is 1. The Morgan fingerprint density at radius 1 is 1.20 bits per heavy atom. The van der Waals surface area contributed by atoms with Crippen molar-refractivity contribution in [1.82, 2.24) is 20.2 Å². The lowest BCUT2D eigenvalue weighted by atomic mass is 10.1. The third kappa shape index (κ3) is 3.42. The maximum Gasteiger partial charge on any atom is 0.151 e. The molecule has 106 valence electrons. The number of tetrazole rings is 1. The summed E-state index contributed by atoms with van der Waals surface area (Å²) in [7, 11) is 0. The smallest absolute Gasteiger partial charge is 0.151 e. The summed E-state index contributed by atoms with van der Waals surface area (Å²) in [5.41, 5.74) is 1.37. The van der Waals surface area contributed by atoms with E-state index in [9.17, 15) is 0 Å². The number of rotatable bonds is 6. The second-order valence-corrected chi connectivity index (χ2v) is 5.35. The molecule has 1 fully saturated rings. The van der Waals surface area contributed by atoms with Crippen molar-refractivity contribution in [2.24, 2.45) is 5.92 Å². The monoisotopic (exact) mass is 272 g/mol. The lowest BCUT2D eigenvalue weighted by Gasteiger charge is -2.08. The van der Waals surface area contributed by atoms with Crippen molar-refractivity contribution in [3.05, 3.63) is 41.7 Å². The van der Waals surface area contributed by atoms with Gasteiger partial charge in [-0.05, 0) is 35.3 Å². The van der Waals surface area contributed by atoms with Crippen molar-refractivity contribution in [1.29, 1.82) is 0 Å². The quantitative estimate of drug-likeness (QED) is 0.805. The van der Waals surface area contributed by atoms with E-state index in [0.717, 1.165) is 51.3 Å². The molecule has 5 nitrogen and oxygen atoms in total. The average molecular weight is 272 g/mol. The van der Waals surface area contributed by atoms with E-state index in [1.165, 1.54) is 5.56 Å². The molecule has 0 amide bonds. The topological polar surface area (TPSA) is 52.8 Å². The Morgan fingerprint density at radius 2 is 2.10 bits per heavy atom. The molecule has 1 aliphatic rings. The zero-order valence-corrected chi connectivity index (χ0v) is 11.6. The predicted molar refractivity (Wildman–Crippen MR) is 75.2 cm³/mol. The SMILES string of the molecule is c1ccc(CCCc2nnnn2CC2CCOC2)cc1. The molecule has 1 unspecified atom stereocenters. The molecular weight excluding hydrogens is 252 g/mol. The second-order valence-electron chi connectivity index (χ2n) is 5.35. The maximum absolute atomic E-state index is 5.40. The number of aromatic nitrogens is 4. The fourth-order valence-electron chi connectivity index (χ4n) is 2.61. The number of ether oxygens (including phenoxy) is 1. The van der Waals surface area contributed by atoms with Gasteiger partial charge in [0.25, 0.3) is 0 Å². The van der Waals surface area contributed by atoms with Crippen molar-refractivity contribution in [2.45, 2.75) is 32.2 Å². The molecule has 0 bridgehead atoms. The van der Waals surface area contributed by atoms with Gasteiger partial charge in [-0.25, -0.2) is 4.68 Å². The molecule has 3 rings (SSSR count). The summed E-state index contributed by atoms with van der Waals surface area (Å²) >= 11 is 0. The van der Waals surface area contributed by atoms with Crippen LogP contribution >= 0.6 is 0 Å². The van der Waals surface area contributed by atoms with Crippen molar-refractivity contribution >= 4 is 0 Å². The maximum atomic E-state index is 5.40. The highest BCUT2D eigenvalue weighted by molar-refractivity contribution is 5.14. The Balaban J connectivity index is 1.51. The van der Waals surface area contributed by atoms with Gasteiger partial charge in [0, 0.05) is 25.5 Å². The summed E-state index contributed by atoms with van der Waals surface area (Å²) in [4.78, 5) is 0. The summed E-state index contributed by atoms with van der Waals surface area (Å²) in [6.45, 7) is 2.59. The van der Waals surface area contributed by atoms with Gasteiger partial charge in [-0.3, -0.25) is 0 Å². The van der Waals surface area contributed by atoms with Gasteiger partial charge in [-0.2, -0.15) is 0 Å². The van der Waals surface area contributed by atoms with E-state index >= 15 is 0 Å². The molecule has 1 aromatic carbocycles. The van der Waals surface area contributed by atoms with Gasteiger partial charge in [0.15, 0.2) is 5.82 Å². The number of nitrogens with zero attached hydrogens (tertiary/aromatic N) is 4. The van der Waals surface area contributed by atoms with Gasteiger partial charge >= 0.3 is 0 Å². The van der Waals surface area contributed by atoms with Crippen LogP contribution in [0.1, 0.15) is 24.2 Å². The van der Waals surface area contributed by atoms with Gasteiger partial charge < -0.3 is 4.74 Å². The molecule has 2 aromatic rings. The fraction of sp³-hybridized carbons (Fsp3) is 0.533. The minimum Gasteiger partial charge on any atom is -0.381 e. The van der Waals surface area contributed by atoms with Gasteiger partial charge in [0.2, 0.25) is 0 Å². The highest BCUT2D eigenvalue weighted by Gasteiger charge is 2.18. The highest BCUT2D eigenvalue weighted by atomic mass is 16.5. The van der Waals surface area contributed by atoms with Crippen LogP contribution in [0.4, 0.5) is 0 Å². The van der Waals surface area contributed by atoms with Crippen molar-refractivity contribution in [2.75, 3.05) is 13.2 Å². The summed E-state index contributed by atoms with van der Waals surface area (Å²) < 4.78 is 7.35. The molecule has 1 aliphatic heterocycles. The first-order valence-electron chi connectivity index (χ1n) is 7.28. The van der Waals surface area contributed by atoms with E-state index < -0.39 is 0 Å². The molecule has 0 saturated carbocycles. The molecule has 0 aliphatic carbocycles. The Morgan fingerprint density at radius 3 is 2.90 bits per heavy atom. The molecule has 20 heavy (non-hydrogen) atoms. The first-order valence-corrected chi connectivity index (χ1v) is 7.28. The van der Waals surface area contributed by atoms with Crippen molar-refractivity contribution < 1.29 is 4.74 Å². The Kier molecular flexibility index (Phi) is 4.38.